The lowest BCUT2D eigenvalue weighted by Crippen LogP contribution is -2.45. The van der Waals surface area contributed by atoms with Gasteiger partial charge in [-0.2, -0.15) is 0 Å². The van der Waals surface area contributed by atoms with Crippen molar-refractivity contribution in [2.45, 2.75) is 19.4 Å². The molecule has 0 radical (unpaired) electrons. The summed E-state index contributed by atoms with van der Waals surface area (Å²) in [6.07, 6.45) is 3.56. The Kier molecular flexibility index (Phi) is 9.14. The summed E-state index contributed by atoms with van der Waals surface area (Å²) < 4.78 is 14.3. The van der Waals surface area contributed by atoms with Crippen LogP contribution in [-0.2, 0) is 9.59 Å². The molecule has 0 aliphatic heterocycles. The number of anilines is 1. The Bertz CT molecular complexity index is 967. The number of nitrogens with zero attached hydrogens (tertiary/aromatic N) is 3. The number of amides is 2. The van der Waals surface area contributed by atoms with Crippen LogP contribution in [-0.4, -0.2) is 54.7 Å². The van der Waals surface area contributed by atoms with E-state index in [2.05, 4.69) is 27.2 Å². The number of amidine groups is 1. The van der Waals surface area contributed by atoms with Crippen LogP contribution in [0.2, 0.25) is 5.02 Å². The van der Waals surface area contributed by atoms with E-state index in [0.717, 1.165) is 0 Å². The van der Waals surface area contributed by atoms with Gasteiger partial charge in [0.2, 0.25) is 12.8 Å². The van der Waals surface area contributed by atoms with Crippen molar-refractivity contribution in [3.8, 4) is 11.3 Å². The lowest BCUT2D eigenvalue weighted by atomic mass is 10.1. The third kappa shape index (κ3) is 5.88. The van der Waals surface area contributed by atoms with Crippen molar-refractivity contribution >= 4 is 36.1 Å². The van der Waals surface area contributed by atoms with E-state index in [1.165, 1.54) is 6.07 Å². The molecule has 0 aliphatic rings. The van der Waals surface area contributed by atoms with Crippen molar-refractivity contribution < 1.29 is 14.0 Å². The first-order chi connectivity index (χ1) is 15.0. The van der Waals surface area contributed by atoms with E-state index in [1.54, 1.807) is 37.4 Å². The van der Waals surface area contributed by atoms with Gasteiger partial charge in [0.25, 0.3) is 0 Å². The predicted octanol–water partition coefficient (Wildman–Crippen LogP) is 3.50. The minimum absolute atomic E-state index is 0.127. The van der Waals surface area contributed by atoms with Gasteiger partial charge in [0, 0.05) is 31.7 Å². The highest BCUT2D eigenvalue weighted by molar-refractivity contribution is 6.33. The Hall–Kier alpha value is -3.26. The van der Waals surface area contributed by atoms with Crippen LogP contribution in [0.1, 0.15) is 18.9 Å². The fourth-order valence-corrected chi connectivity index (χ4v) is 3.42. The topological polar surface area (TPSA) is 86.7 Å². The number of nitrogens with one attached hydrogen (secondary N) is 2. The molecular formula is C22H25ClFN5O2. The molecule has 31 heavy (non-hydrogen) atoms. The molecule has 2 rings (SSSR count). The summed E-state index contributed by atoms with van der Waals surface area (Å²) in [5.41, 5.74) is 0.897. The van der Waals surface area contributed by atoms with Crippen LogP contribution in [0.15, 0.2) is 48.0 Å². The van der Waals surface area contributed by atoms with Crippen molar-refractivity contribution in [3.63, 3.8) is 0 Å². The second kappa shape index (κ2) is 11.8. The molecule has 0 aliphatic carbocycles. The van der Waals surface area contributed by atoms with Crippen LogP contribution < -0.4 is 10.6 Å². The van der Waals surface area contributed by atoms with E-state index in [4.69, 9.17) is 11.6 Å². The first kappa shape index (κ1) is 24.0. The van der Waals surface area contributed by atoms with Gasteiger partial charge in [-0.25, -0.2) is 9.37 Å². The second-order valence-electron chi connectivity index (χ2n) is 6.65. The van der Waals surface area contributed by atoms with Gasteiger partial charge in [-0.3, -0.25) is 14.6 Å². The molecule has 0 spiro atoms. The first-order valence-corrected chi connectivity index (χ1v) is 10.0. The number of pyridine rings is 1. The van der Waals surface area contributed by atoms with E-state index in [1.807, 2.05) is 11.8 Å². The quantitative estimate of drug-likeness (QED) is 0.240. The van der Waals surface area contributed by atoms with Crippen molar-refractivity contribution in [2.75, 3.05) is 25.5 Å². The van der Waals surface area contributed by atoms with E-state index >= 15 is 0 Å². The van der Waals surface area contributed by atoms with Gasteiger partial charge in [-0.1, -0.05) is 29.8 Å². The molecule has 1 aromatic carbocycles. The van der Waals surface area contributed by atoms with Crippen LogP contribution in [0, 0.1) is 5.82 Å². The molecule has 164 valence electrons. The summed E-state index contributed by atoms with van der Waals surface area (Å²) in [6.45, 7) is 6.63. The van der Waals surface area contributed by atoms with Crippen molar-refractivity contribution in [1.29, 1.82) is 0 Å². The zero-order valence-corrected chi connectivity index (χ0v) is 18.2. The summed E-state index contributed by atoms with van der Waals surface area (Å²) >= 11 is 6.49. The average molecular weight is 446 g/mol. The molecule has 9 heteroatoms. The zero-order valence-electron chi connectivity index (χ0n) is 17.4. The molecule has 1 unspecified atom stereocenters. The van der Waals surface area contributed by atoms with Crippen LogP contribution in [0.3, 0.4) is 0 Å². The first-order valence-electron chi connectivity index (χ1n) is 9.65. The lowest BCUT2D eigenvalue weighted by molar-refractivity contribution is -0.109. The highest BCUT2D eigenvalue weighted by Gasteiger charge is 2.24. The number of aliphatic imine (C=N–C) groups is 1. The summed E-state index contributed by atoms with van der Waals surface area (Å²) in [5, 5.41) is 5.44. The van der Waals surface area contributed by atoms with Crippen LogP contribution in [0.4, 0.5) is 10.2 Å². The van der Waals surface area contributed by atoms with Gasteiger partial charge in [-0.15, -0.1) is 6.58 Å². The molecule has 0 saturated heterocycles. The van der Waals surface area contributed by atoms with E-state index in [-0.39, 0.29) is 28.1 Å². The van der Waals surface area contributed by atoms with Crippen molar-refractivity contribution in [2.24, 2.45) is 4.99 Å². The number of carbonyl (C=O) groups excluding carboxylic acids is 2. The number of hydrogen-bond acceptors (Lipinski definition) is 4. The van der Waals surface area contributed by atoms with E-state index in [9.17, 15) is 14.0 Å². The van der Waals surface area contributed by atoms with Crippen molar-refractivity contribution in [1.82, 2.24) is 15.2 Å². The number of hydrogen-bond donors (Lipinski definition) is 2. The average Bonchev–Trinajstić information content (AvgIpc) is 2.77. The number of carbonyl (C=O) groups is 2. The third-order valence-electron chi connectivity index (χ3n) is 4.63. The van der Waals surface area contributed by atoms with Gasteiger partial charge in [-0.05, 0) is 31.5 Å². The van der Waals surface area contributed by atoms with Gasteiger partial charge < -0.3 is 15.5 Å². The lowest BCUT2D eigenvalue weighted by Gasteiger charge is -2.32. The Morgan fingerprint density at radius 1 is 1.35 bits per heavy atom. The summed E-state index contributed by atoms with van der Waals surface area (Å²) in [4.78, 5) is 32.8. The molecule has 2 aromatic rings. The summed E-state index contributed by atoms with van der Waals surface area (Å²) in [5.74, 6) is 0.227. The number of aromatic nitrogens is 1. The van der Waals surface area contributed by atoms with Gasteiger partial charge in [0.05, 0.1) is 16.3 Å². The maximum Gasteiger partial charge on any atom is 0.212 e. The largest absolute Gasteiger partial charge is 0.357 e. The highest BCUT2D eigenvalue weighted by Crippen LogP contribution is 2.32. The standard InChI is InChI=1S/C22H25ClFN5O2/c1-4-5-10-29(15(2)12-26-13-30)22(25-3)17-11-18(23)20(28-21(17)27-14-31)16-8-6-7-9-19(16)24/h4,6-9,11,13-15H,1,5,10,12H2,2-3H3,(H,26,30)(H,27,28,31). The highest BCUT2D eigenvalue weighted by atomic mass is 35.5. The normalized spacial score (nSPS) is 12.1. The third-order valence-corrected chi connectivity index (χ3v) is 4.92. The van der Waals surface area contributed by atoms with Crippen LogP contribution in [0.25, 0.3) is 11.3 Å². The maximum absolute atomic E-state index is 14.3. The molecule has 7 nitrogen and oxygen atoms in total. The molecular weight excluding hydrogens is 421 g/mol. The number of benzene rings is 1. The van der Waals surface area contributed by atoms with Gasteiger partial charge in [0.1, 0.15) is 17.5 Å². The maximum atomic E-state index is 14.3. The Labute approximate surface area is 186 Å². The molecule has 2 N–H and O–H groups in total. The monoisotopic (exact) mass is 445 g/mol. The van der Waals surface area contributed by atoms with E-state index < -0.39 is 5.82 Å². The molecule has 1 heterocycles. The smallest absolute Gasteiger partial charge is 0.212 e. The van der Waals surface area contributed by atoms with Crippen molar-refractivity contribution in [3.05, 3.63) is 59.4 Å². The molecule has 1 aromatic heterocycles. The van der Waals surface area contributed by atoms with Gasteiger partial charge in [0.15, 0.2) is 0 Å². The predicted molar refractivity (Wildman–Crippen MR) is 122 cm³/mol. The molecule has 0 saturated carbocycles. The Morgan fingerprint density at radius 3 is 2.71 bits per heavy atom. The number of halogens is 2. The fraction of sp³-hybridized carbons (Fsp3) is 0.273. The second-order valence-corrected chi connectivity index (χ2v) is 7.06. The van der Waals surface area contributed by atoms with Gasteiger partial charge >= 0.3 is 0 Å². The number of rotatable bonds is 11. The summed E-state index contributed by atoms with van der Waals surface area (Å²) in [6, 6.07) is 7.59. The molecule has 0 bridgehead atoms. The molecule has 2 amide bonds. The minimum atomic E-state index is -0.479. The molecule has 0 fully saturated rings. The zero-order chi connectivity index (χ0) is 22.8. The van der Waals surface area contributed by atoms with E-state index in [0.29, 0.717) is 43.7 Å². The summed E-state index contributed by atoms with van der Waals surface area (Å²) in [7, 11) is 1.61. The Morgan fingerprint density at radius 2 is 2.10 bits per heavy atom. The van der Waals surface area contributed by atoms with Crippen LogP contribution >= 0.6 is 11.6 Å². The van der Waals surface area contributed by atoms with Crippen LogP contribution in [0.5, 0.6) is 0 Å². The fourth-order valence-electron chi connectivity index (χ4n) is 3.17. The SMILES string of the molecule is C=CCCN(C(=NC)c1cc(Cl)c(-c2ccccc2F)nc1NC=O)C(C)CNC=O. The minimum Gasteiger partial charge on any atom is -0.357 e. The Balaban J connectivity index is 2.60. The molecule has 1 atom stereocenters.